The van der Waals surface area contributed by atoms with Crippen LogP contribution in [0.15, 0.2) is 59.5 Å². The van der Waals surface area contributed by atoms with Crippen LogP contribution in [0.25, 0.3) is 0 Å². The number of amides is 1. The molecule has 0 spiro atoms. The second-order valence-electron chi connectivity index (χ2n) is 6.00. The number of thioether (sulfide) groups is 1. The Balaban J connectivity index is 1.63. The first-order chi connectivity index (χ1) is 12.2. The third-order valence-electron chi connectivity index (χ3n) is 4.17. The fraction of sp³-hybridized carbons (Fsp3) is 0.300. The molecule has 25 heavy (non-hydrogen) atoms. The Bertz CT molecular complexity index is 725. The van der Waals surface area contributed by atoms with Crippen molar-refractivity contribution < 1.29 is 9.59 Å². The summed E-state index contributed by atoms with van der Waals surface area (Å²) in [6, 6.07) is 16.9. The molecule has 1 aliphatic rings. The molecule has 2 aromatic rings. The number of ketones is 1. The van der Waals surface area contributed by atoms with Gasteiger partial charge in [-0.05, 0) is 31.2 Å². The zero-order valence-electron chi connectivity index (χ0n) is 14.1. The van der Waals surface area contributed by atoms with Crippen LogP contribution in [-0.4, -0.2) is 48.5 Å². The van der Waals surface area contributed by atoms with Crippen LogP contribution >= 0.6 is 11.8 Å². The van der Waals surface area contributed by atoms with Gasteiger partial charge in [-0.15, -0.1) is 11.8 Å². The van der Waals surface area contributed by atoms with Crippen LogP contribution in [0.3, 0.4) is 0 Å². The Labute approximate surface area is 152 Å². The predicted octanol–water partition coefficient (Wildman–Crippen LogP) is 3.10. The Morgan fingerprint density at radius 2 is 1.76 bits per heavy atom. The Hall–Kier alpha value is -2.11. The number of benzene rings is 2. The summed E-state index contributed by atoms with van der Waals surface area (Å²) in [6.07, 6.45) is 0.978. The average Bonchev–Trinajstić information content (AvgIpc) is 2.96. The van der Waals surface area contributed by atoms with Crippen LogP contribution in [0.1, 0.15) is 27.1 Å². The normalized spacial score (nSPS) is 14.8. The topological polar surface area (TPSA) is 49.4 Å². The van der Waals surface area contributed by atoms with Crippen molar-refractivity contribution in [1.82, 2.24) is 10.2 Å². The van der Waals surface area contributed by atoms with Gasteiger partial charge in [0, 0.05) is 35.7 Å². The molecule has 130 valence electrons. The highest BCUT2D eigenvalue weighted by molar-refractivity contribution is 8.00. The Morgan fingerprint density at radius 1 is 0.960 bits per heavy atom. The van der Waals surface area contributed by atoms with E-state index >= 15 is 0 Å². The maximum Gasteiger partial charge on any atom is 0.253 e. The number of carbonyl (C=O) groups is 2. The summed E-state index contributed by atoms with van der Waals surface area (Å²) in [5, 5.41) is 3.31. The number of rotatable bonds is 5. The van der Waals surface area contributed by atoms with Gasteiger partial charge in [0.1, 0.15) is 0 Å². The van der Waals surface area contributed by atoms with Gasteiger partial charge in [0.25, 0.3) is 5.91 Å². The maximum absolute atomic E-state index is 12.7. The largest absolute Gasteiger partial charge is 0.337 e. The van der Waals surface area contributed by atoms with Gasteiger partial charge in [-0.3, -0.25) is 9.59 Å². The second-order valence-corrected chi connectivity index (χ2v) is 7.05. The van der Waals surface area contributed by atoms with Crippen molar-refractivity contribution in [1.29, 1.82) is 0 Å². The van der Waals surface area contributed by atoms with E-state index in [0.717, 1.165) is 43.1 Å². The number of hydrogen-bond acceptors (Lipinski definition) is 4. The lowest BCUT2D eigenvalue weighted by Gasteiger charge is -2.20. The standard InChI is InChI=1S/C20H22N2O2S/c23-19(16-6-2-1-3-7-16)15-25-18-9-4-8-17(14-18)20(24)22-12-5-10-21-11-13-22/h1-4,6-9,14,21H,5,10-13,15H2. The Morgan fingerprint density at radius 3 is 2.60 bits per heavy atom. The van der Waals surface area contributed by atoms with E-state index < -0.39 is 0 Å². The molecule has 1 amide bonds. The summed E-state index contributed by atoms with van der Waals surface area (Å²) in [4.78, 5) is 27.8. The van der Waals surface area contributed by atoms with Crippen LogP contribution in [0, 0.1) is 0 Å². The van der Waals surface area contributed by atoms with E-state index in [-0.39, 0.29) is 11.7 Å². The van der Waals surface area contributed by atoms with E-state index in [1.54, 1.807) is 0 Å². The van der Waals surface area contributed by atoms with Gasteiger partial charge >= 0.3 is 0 Å². The van der Waals surface area contributed by atoms with Crippen LogP contribution < -0.4 is 5.32 Å². The monoisotopic (exact) mass is 354 g/mol. The summed E-state index contributed by atoms with van der Waals surface area (Å²) in [6.45, 7) is 3.32. The molecule has 0 unspecified atom stereocenters. The predicted molar refractivity (Wildman–Crippen MR) is 101 cm³/mol. The summed E-state index contributed by atoms with van der Waals surface area (Å²) in [5.74, 6) is 0.538. The van der Waals surface area contributed by atoms with E-state index in [2.05, 4.69) is 5.32 Å². The molecule has 3 rings (SSSR count). The summed E-state index contributed by atoms with van der Waals surface area (Å²) in [5.41, 5.74) is 1.42. The quantitative estimate of drug-likeness (QED) is 0.662. The van der Waals surface area contributed by atoms with Crippen molar-refractivity contribution in [2.45, 2.75) is 11.3 Å². The minimum Gasteiger partial charge on any atom is -0.337 e. The lowest BCUT2D eigenvalue weighted by atomic mass is 10.2. The van der Waals surface area contributed by atoms with E-state index in [9.17, 15) is 9.59 Å². The molecule has 2 aromatic carbocycles. The van der Waals surface area contributed by atoms with Gasteiger partial charge in [0.15, 0.2) is 5.78 Å². The van der Waals surface area contributed by atoms with E-state index in [0.29, 0.717) is 11.3 Å². The van der Waals surface area contributed by atoms with Gasteiger partial charge in [0.05, 0.1) is 5.75 Å². The fourth-order valence-electron chi connectivity index (χ4n) is 2.81. The maximum atomic E-state index is 12.7. The molecule has 4 nitrogen and oxygen atoms in total. The van der Waals surface area contributed by atoms with Crippen LogP contribution in [0.2, 0.25) is 0 Å². The molecule has 1 fully saturated rings. The van der Waals surface area contributed by atoms with Crippen molar-refractivity contribution in [2.24, 2.45) is 0 Å². The minimum atomic E-state index is 0.0699. The zero-order chi connectivity index (χ0) is 17.5. The smallest absolute Gasteiger partial charge is 0.253 e. The molecular formula is C20H22N2O2S. The molecule has 1 aliphatic heterocycles. The molecule has 5 heteroatoms. The number of Topliss-reactive ketones (excluding diaryl/α,β-unsaturated/α-hetero) is 1. The van der Waals surface area contributed by atoms with Crippen molar-refractivity contribution in [3.63, 3.8) is 0 Å². The zero-order valence-corrected chi connectivity index (χ0v) is 14.9. The van der Waals surface area contributed by atoms with Gasteiger partial charge in [-0.25, -0.2) is 0 Å². The second kappa shape index (κ2) is 8.83. The highest BCUT2D eigenvalue weighted by Gasteiger charge is 2.17. The first-order valence-corrected chi connectivity index (χ1v) is 9.54. The number of carbonyl (C=O) groups excluding carboxylic acids is 2. The number of hydrogen-bond donors (Lipinski definition) is 1. The molecule has 0 aromatic heterocycles. The van der Waals surface area contributed by atoms with Crippen molar-refractivity contribution >= 4 is 23.5 Å². The number of nitrogens with zero attached hydrogens (tertiary/aromatic N) is 1. The molecule has 1 heterocycles. The van der Waals surface area contributed by atoms with E-state index in [1.165, 1.54) is 11.8 Å². The SMILES string of the molecule is O=C(CSc1cccc(C(=O)N2CCCNCC2)c1)c1ccccc1. The molecule has 0 radical (unpaired) electrons. The van der Waals surface area contributed by atoms with Crippen LogP contribution in [0.4, 0.5) is 0 Å². The first kappa shape index (κ1) is 17.7. The third-order valence-corrected chi connectivity index (χ3v) is 5.17. The molecule has 0 bridgehead atoms. The van der Waals surface area contributed by atoms with Gasteiger partial charge < -0.3 is 10.2 Å². The van der Waals surface area contributed by atoms with Crippen molar-refractivity contribution in [3.8, 4) is 0 Å². The van der Waals surface area contributed by atoms with Gasteiger partial charge in [-0.1, -0.05) is 36.4 Å². The molecule has 1 N–H and O–H groups in total. The lowest BCUT2D eigenvalue weighted by molar-refractivity contribution is 0.0766. The summed E-state index contributed by atoms with van der Waals surface area (Å²) >= 11 is 1.47. The van der Waals surface area contributed by atoms with Crippen molar-refractivity contribution in [3.05, 3.63) is 65.7 Å². The average molecular weight is 354 g/mol. The van der Waals surface area contributed by atoms with Crippen molar-refractivity contribution in [2.75, 3.05) is 31.9 Å². The van der Waals surface area contributed by atoms with E-state index in [4.69, 9.17) is 0 Å². The summed E-state index contributed by atoms with van der Waals surface area (Å²) in [7, 11) is 0. The summed E-state index contributed by atoms with van der Waals surface area (Å²) < 4.78 is 0. The molecule has 1 saturated heterocycles. The lowest BCUT2D eigenvalue weighted by Crippen LogP contribution is -2.34. The minimum absolute atomic E-state index is 0.0699. The van der Waals surface area contributed by atoms with E-state index in [1.807, 2.05) is 59.5 Å². The van der Waals surface area contributed by atoms with Crippen LogP contribution in [-0.2, 0) is 0 Å². The third kappa shape index (κ3) is 4.94. The highest BCUT2D eigenvalue weighted by atomic mass is 32.2. The molecular weight excluding hydrogens is 332 g/mol. The highest BCUT2D eigenvalue weighted by Crippen LogP contribution is 2.21. The molecule has 0 saturated carbocycles. The molecule has 0 aliphatic carbocycles. The van der Waals surface area contributed by atoms with Crippen LogP contribution in [0.5, 0.6) is 0 Å². The fourth-order valence-corrected chi connectivity index (χ4v) is 3.66. The first-order valence-electron chi connectivity index (χ1n) is 8.55. The number of nitrogens with one attached hydrogen (secondary N) is 1. The van der Waals surface area contributed by atoms with Gasteiger partial charge in [-0.2, -0.15) is 0 Å². The van der Waals surface area contributed by atoms with Gasteiger partial charge in [0.2, 0.25) is 0 Å². The molecule has 0 atom stereocenters. The Kier molecular flexibility index (Phi) is 6.25.